The first-order valence-corrected chi connectivity index (χ1v) is 10.3. The van der Waals surface area contributed by atoms with Crippen molar-refractivity contribution in [2.24, 2.45) is 0 Å². The largest absolute Gasteiger partial charge is 0.497 e. The molecule has 32 heavy (non-hydrogen) atoms. The Morgan fingerprint density at radius 1 is 1.09 bits per heavy atom. The smallest absolute Gasteiger partial charge is 0.251 e. The normalized spacial score (nSPS) is 11.0. The number of benzene rings is 2. The van der Waals surface area contributed by atoms with Gasteiger partial charge in [-0.3, -0.25) is 4.98 Å². The molecule has 0 aliphatic carbocycles. The molecule has 3 aromatic heterocycles. The third kappa shape index (κ3) is 4.02. The van der Waals surface area contributed by atoms with Crippen LogP contribution in [-0.4, -0.2) is 38.4 Å². The molecule has 1 N–H and O–H groups in total. The Bertz CT molecular complexity index is 1300. The van der Waals surface area contributed by atoms with Crippen LogP contribution in [0.3, 0.4) is 0 Å². The number of imidazole rings is 1. The summed E-state index contributed by atoms with van der Waals surface area (Å²) in [6, 6.07) is 14.3. The van der Waals surface area contributed by atoms with Crippen LogP contribution in [0.2, 0.25) is 0 Å². The fourth-order valence-corrected chi connectivity index (χ4v) is 3.69. The van der Waals surface area contributed by atoms with E-state index in [0.717, 1.165) is 58.5 Å². The van der Waals surface area contributed by atoms with Gasteiger partial charge in [0.2, 0.25) is 6.39 Å². The SMILES string of the molecule is COc1ccc(-c2ccc3ncc(-c4nnco4)c(NCCCn4ccnc4)c3c2)cc1. The van der Waals surface area contributed by atoms with E-state index >= 15 is 0 Å². The molecule has 0 atom stereocenters. The lowest BCUT2D eigenvalue weighted by Crippen LogP contribution is -2.07. The van der Waals surface area contributed by atoms with E-state index in [1.165, 1.54) is 6.39 Å². The zero-order valence-corrected chi connectivity index (χ0v) is 17.6. The summed E-state index contributed by atoms with van der Waals surface area (Å²) in [6.45, 7) is 1.65. The van der Waals surface area contributed by atoms with E-state index in [4.69, 9.17) is 9.15 Å². The summed E-state index contributed by atoms with van der Waals surface area (Å²) < 4.78 is 12.8. The van der Waals surface area contributed by atoms with Crippen molar-refractivity contribution in [1.29, 1.82) is 0 Å². The van der Waals surface area contributed by atoms with Crippen molar-refractivity contribution in [1.82, 2.24) is 24.7 Å². The van der Waals surface area contributed by atoms with Crippen molar-refractivity contribution >= 4 is 16.6 Å². The number of aromatic nitrogens is 5. The van der Waals surface area contributed by atoms with Gasteiger partial charge in [-0.05, 0) is 41.8 Å². The van der Waals surface area contributed by atoms with Crippen LogP contribution in [0.5, 0.6) is 5.75 Å². The fourth-order valence-electron chi connectivity index (χ4n) is 3.69. The highest BCUT2D eigenvalue weighted by atomic mass is 16.5. The number of methoxy groups -OCH3 is 1. The first-order chi connectivity index (χ1) is 15.8. The average molecular weight is 426 g/mol. The topological polar surface area (TPSA) is 90.9 Å². The molecule has 0 unspecified atom stereocenters. The Labute approximate surface area is 184 Å². The van der Waals surface area contributed by atoms with Gasteiger partial charge in [0, 0.05) is 37.1 Å². The summed E-state index contributed by atoms with van der Waals surface area (Å²) >= 11 is 0. The molecule has 0 aliphatic rings. The minimum absolute atomic E-state index is 0.436. The molecule has 0 fully saturated rings. The minimum atomic E-state index is 0.436. The van der Waals surface area contributed by atoms with Gasteiger partial charge in [-0.25, -0.2) is 4.98 Å². The van der Waals surface area contributed by atoms with Gasteiger partial charge in [-0.1, -0.05) is 18.2 Å². The molecule has 0 saturated heterocycles. The number of hydrogen-bond acceptors (Lipinski definition) is 7. The lowest BCUT2D eigenvalue weighted by atomic mass is 10.0. The highest BCUT2D eigenvalue weighted by molar-refractivity contribution is 6.00. The minimum Gasteiger partial charge on any atom is -0.497 e. The number of fused-ring (bicyclic) bond motifs is 1. The van der Waals surface area contributed by atoms with Gasteiger partial charge < -0.3 is 19.0 Å². The van der Waals surface area contributed by atoms with Gasteiger partial charge in [-0.2, -0.15) is 0 Å². The maximum absolute atomic E-state index is 5.49. The van der Waals surface area contributed by atoms with Crippen molar-refractivity contribution in [2.75, 3.05) is 19.0 Å². The molecule has 160 valence electrons. The van der Waals surface area contributed by atoms with Crippen LogP contribution in [-0.2, 0) is 6.54 Å². The molecule has 5 rings (SSSR count). The van der Waals surface area contributed by atoms with Gasteiger partial charge >= 0.3 is 0 Å². The highest BCUT2D eigenvalue weighted by Crippen LogP contribution is 2.35. The Balaban J connectivity index is 1.51. The number of pyridine rings is 1. The Morgan fingerprint density at radius 3 is 2.72 bits per heavy atom. The Morgan fingerprint density at radius 2 is 1.97 bits per heavy atom. The van der Waals surface area contributed by atoms with Crippen LogP contribution in [0.25, 0.3) is 33.5 Å². The van der Waals surface area contributed by atoms with E-state index in [0.29, 0.717) is 5.89 Å². The van der Waals surface area contributed by atoms with E-state index < -0.39 is 0 Å². The predicted molar refractivity (Wildman–Crippen MR) is 122 cm³/mol. The van der Waals surface area contributed by atoms with E-state index in [1.54, 1.807) is 19.5 Å². The summed E-state index contributed by atoms with van der Waals surface area (Å²) in [5.74, 6) is 1.27. The van der Waals surface area contributed by atoms with Crippen LogP contribution in [0.15, 0.2) is 78.2 Å². The van der Waals surface area contributed by atoms with E-state index in [1.807, 2.05) is 42.9 Å². The Hall–Kier alpha value is -4.20. The van der Waals surface area contributed by atoms with Gasteiger partial charge in [0.1, 0.15) is 5.75 Å². The maximum atomic E-state index is 5.49. The average Bonchev–Trinajstić information content (AvgIpc) is 3.56. The molecule has 5 aromatic rings. The molecule has 2 aromatic carbocycles. The fraction of sp³-hybridized carbons (Fsp3) is 0.167. The van der Waals surface area contributed by atoms with Gasteiger partial charge in [0.15, 0.2) is 0 Å². The van der Waals surface area contributed by atoms with Crippen molar-refractivity contribution in [3.8, 4) is 28.3 Å². The van der Waals surface area contributed by atoms with Crippen molar-refractivity contribution in [3.05, 3.63) is 73.8 Å². The number of aryl methyl sites for hydroxylation is 1. The number of nitrogens with zero attached hydrogens (tertiary/aromatic N) is 5. The molecule has 0 spiro atoms. The molecule has 0 saturated carbocycles. The van der Waals surface area contributed by atoms with Crippen molar-refractivity contribution in [3.63, 3.8) is 0 Å². The van der Waals surface area contributed by atoms with Crippen LogP contribution in [0.4, 0.5) is 5.69 Å². The summed E-state index contributed by atoms with van der Waals surface area (Å²) in [5, 5.41) is 12.5. The van der Waals surface area contributed by atoms with Gasteiger partial charge in [-0.15, -0.1) is 10.2 Å². The zero-order chi connectivity index (χ0) is 21.8. The van der Waals surface area contributed by atoms with Crippen LogP contribution in [0.1, 0.15) is 6.42 Å². The number of nitrogens with one attached hydrogen (secondary N) is 1. The number of hydrogen-bond donors (Lipinski definition) is 1. The lowest BCUT2D eigenvalue weighted by Gasteiger charge is -2.14. The second kappa shape index (κ2) is 8.89. The van der Waals surface area contributed by atoms with E-state index in [2.05, 4.69) is 42.2 Å². The zero-order valence-electron chi connectivity index (χ0n) is 17.6. The number of ether oxygens (including phenoxy) is 1. The van der Waals surface area contributed by atoms with Crippen molar-refractivity contribution in [2.45, 2.75) is 13.0 Å². The third-order valence-corrected chi connectivity index (χ3v) is 5.34. The van der Waals surface area contributed by atoms with Gasteiger partial charge in [0.25, 0.3) is 5.89 Å². The summed E-state index contributed by atoms with van der Waals surface area (Å²) in [4.78, 5) is 8.72. The first-order valence-electron chi connectivity index (χ1n) is 10.3. The van der Waals surface area contributed by atoms with Crippen molar-refractivity contribution < 1.29 is 9.15 Å². The summed E-state index contributed by atoms with van der Waals surface area (Å²) in [6.07, 6.45) is 9.62. The quantitative estimate of drug-likeness (QED) is 0.361. The second-order valence-corrected chi connectivity index (χ2v) is 7.33. The summed E-state index contributed by atoms with van der Waals surface area (Å²) in [5.41, 5.74) is 4.79. The summed E-state index contributed by atoms with van der Waals surface area (Å²) in [7, 11) is 1.67. The molecule has 0 amide bonds. The molecule has 8 nitrogen and oxygen atoms in total. The molecular formula is C24H22N6O2. The molecule has 0 aliphatic heterocycles. The highest BCUT2D eigenvalue weighted by Gasteiger charge is 2.15. The van der Waals surface area contributed by atoms with Gasteiger partial charge in [0.05, 0.1) is 30.2 Å². The monoisotopic (exact) mass is 426 g/mol. The number of rotatable bonds is 8. The van der Waals surface area contributed by atoms with E-state index in [9.17, 15) is 0 Å². The molecule has 8 heteroatoms. The lowest BCUT2D eigenvalue weighted by molar-refractivity contribution is 0.415. The Kier molecular flexibility index (Phi) is 5.48. The second-order valence-electron chi connectivity index (χ2n) is 7.33. The number of anilines is 1. The predicted octanol–water partition coefficient (Wildman–Crippen LogP) is 4.66. The van der Waals surface area contributed by atoms with Crippen LogP contribution < -0.4 is 10.1 Å². The molecule has 0 radical (unpaired) electrons. The van der Waals surface area contributed by atoms with E-state index in [-0.39, 0.29) is 0 Å². The first kappa shape index (κ1) is 19.7. The molecule has 3 heterocycles. The maximum Gasteiger partial charge on any atom is 0.251 e. The standard InChI is InChI=1S/C24H22N6O2/c1-31-19-6-3-17(4-7-19)18-5-8-22-20(13-18)23(21(14-27-22)24-29-28-16-32-24)26-9-2-11-30-12-10-25-15-30/h3-8,10,12-16H,2,9,11H2,1H3,(H,26,27). The third-order valence-electron chi connectivity index (χ3n) is 5.34. The molecule has 0 bridgehead atoms. The molecular weight excluding hydrogens is 404 g/mol. The van der Waals surface area contributed by atoms with Crippen LogP contribution in [0, 0.1) is 0 Å². The van der Waals surface area contributed by atoms with Crippen LogP contribution >= 0.6 is 0 Å².